The minimum absolute atomic E-state index is 0.158. The van der Waals surface area contributed by atoms with Crippen LogP contribution in [0.2, 0.25) is 0 Å². The number of ether oxygens (including phenoxy) is 1. The molecular formula is C15H20N2O2. The lowest BCUT2D eigenvalue weighted by Gasteiger charge is -2.40. The fraction of sp³-hybridized carbons (Fsp3) is 0.533. The summed E-state index contributed by atoms with van der Waals surface area (Å²) >= 11 is 0. The third-order valence-corrected chi connectivity index (χ3v) is 4.48. The Kier molecular flexibility index (Phi) is 2.97. The number of fused-ring (bicyclic) bond motifs is 1. The second-order valence-corrected chi connectivity index (χ2v) is 5.60. The van der Waals surface area contributed by atoms with Crippen molar-refractivity contribution in [2.45, 2.75) is 37.7 Å². The molecule has 4 heteroatoms. The lowest BCUT2D eigenvalue weighted by Crippen LogP contribution is -2.45. The van der Waals surface area contributed by atoms with Gasteiger partial charge in [0.1, 0.15) is 0 Å². The normalized spacial score (nSPS) is 19.9. The van der Waals surface area contributed by atoms with Crippen LogP contribution in [0.5, 0.6) is 0 Å². The molecule has 1 aromatic carbocycles. The Labute approximate surface area is 113 Å². The van der Waals surface area contributed by atoms with Crippen LogP contribution in [0.25, 0.3) is 0 Å². The predicted molar refractivity (Wildman–Crippen MR) is 75.1 cm³/mol. The highest BCUT2D eigenvalue weighted by atomic mass is 16.5. The average molecular weight is 260 g/mol. The van der Waals surface area contributed by atoms with Gasteiger partial charge >= 0.3 is 0 Å². The molecular weight excluding hydrogens is 240 g/mol. The number of nitrogen functional groups attached to an aromatic ring is 1. The van der Waals surface area contributed by atoms with E-state index in [0.29, 0.717) is 12.1 Å². The summed E-state index contributed by atoms with van der Waals surface area (Å²) < 4.78 is 5.54. The summed E-state index contributed by atoms with van der Waals surface area (Å²) in [7, 11) is 1.71. The fourth-order valence-corrected chi connectivity index (χ4v) is 3.05. The lowest BCUT2D eigenvalue weighted by atomic mass is 9.77. The van der Waals surface area contributed by atoms with Crippen molar-refractivity contribution in [3.05, 3.63) is 23.8 Å². The maximum atomic E-state index is 12.5. The standard InChI is InChI=1S/C15H20N2O2/c1-19-15(6-2-7-15)10-14(18)17-8-5-11-3-4-12(16)9-13(11)17/h3-4,9H,2,5-8,10,16H2,1H3. The van der Waals surface area contributed by atoms with Gasteiger partial charge in [0, 0.05) is 25.0 Å². The van der Waals surface area contributed by atoms with Crippen molar-refractivity contribution in [2.24, 2.45) is 0 Å². The number of anilines is 2. The lowest BCUT2D eigenvalue weighted by molar-refractivity contribution is -0.131. The number of carbonyl (C=O) groups is 1. The molecule has 0 atom stereocenters. The summed E-state index contributed by atoms with van der Waals surface area (Å²) in [6.07, 6.45) is 4.55. The van der Waals surface area contributed by atoms with Crippen LogP contribution in [-0.2, 0) is 16.0 Å². The number of nitrogens with two attached hydrogens (primary N) is 1. The van der Waals surface area contributed by atoms with Crippen molar-refractivity contribution in [3.8, 4) is 0 Å². The maximum absolute atomic E-state index is 12.5. The Balaban J connectivity index is 1.78. The molecule has 19 heavy (non-hydrogen) atoms. The van der Waals surface area contributed by atoms with Gasteiger partial charge in [0.2, 0.25) is 5.91 Å². The Bertz CT molecular complexity index is 503. The highest BCUT2D eigenvalue weighted by molar-refractivity contribution is 5.96. The molecule has 2 aliphatic rings. The molecule has 1 fully saturated rings. The van der Waals surface area contributed by atoms with Crippen molar-refractivity contribution >= 4 is 17.3 Å². The van der Waals surface area contributed by atoms with E-state index in [9.17, 15) is 4.79 Å². The summed E-state index contributed by atoms with van der Waals surface area (Å²) in [6, 6.07) is 5.82. The second kappa shape index (κ2) is 4.53. The number of amides is 1. The summed E-state index contributed by atoms with van der Waals surface area (Å²) in [4.78, 5) is 14.4. The third kappa shape index (κ3) is 2.10. The molecule has 4 nitrogen and oxygen atoms in total. The Morgan fingerprint density at radius 1 is 1.47 bits per heavy atom. The number of hydrogen-bond acceptors (Lipinski definition) is 3. The molecule has 0 unspecified atom stereocenters. The van der Waals surface area contributed by atoms with E-state index in [2.05, 4.69) is 0 Å². The zero-order valence-corrected chi connectivity index (χ0v) is 11.3. The summed E-state index contributed by atoms with van der Waals surface area (Å²) in [6.45, 7) is 0.761. The average Bonchev–Trinajstić information content (AvgIpc) is 2.76. The number of methoxy groups -OCH3 is 1. The zero-order valence-electron chi connectivity index (χ0n) is 11.3. The van der Waals surface area contributed by atoms with Gasteiger partial charge in [0.25, 0.3) is 0 Å². The highest BCUT2D eigenvalue weighted by Crippen LogP contribution is 2.39. The zero-order chi connectivity index (χ0) is 13.5. The minimum Gasteiger partial charge on any atom is -0.399 e. The molecule has 1 aromatic rings. The topological polar surface area (TPSA) is 55.6 Å². The van der Waals surface area contributed by atoms with E-state index in [1.807, 2.05) is 23.1 Å². The van der Waals surface area contributed by atoms with Crippen molar-refractivity contribution in [1.29, 1.82) is 0 Å². The SMILES string of the molecule is COC1(CC(=O)N2CCc3ccc(N)cc32)CCC1. The van der Waals surface area contributed by atoms with Gasteiger partial charge in [-0.05, 0) is 43.4 Å². The first-order valence-corrected chi connectivity index (χ1v) is 6.87. The molecule has 102 valence electrons. The minimum atomic E-state index is -0.208. The van der Waals surface area contributed by atoms with Gasteiger partial charge in [-0.3, -0.25) is 4.79 Å². The van der Waals surface area contributed by atoms with Gasteiger partial charge in [0.05, 0.1) is 12.0 Å². The fourth-order valence-electron chi connectivity index (χ4n) is 3.05. The van der Waals surface area contributed by atoms with Gasteiger partial charge in [-0.25, -0.2) is 0 Å². The first-order valence-electron chi connectivity index (χ1n) is 6.87. The molecule has 0 aromatic heterocycles. The van der Waals surface area contributed by atoms with E-state index in [-0.39, 0.29) is 11.5 Å². The smallest absolute Gasteiger partial charge is 0.229 e. The van der Waals surface area contributed by atoms with Crippen LogP contribution < -0.4 is 10.6 Å². The molecule has 1 amide bonds. The molecule has 1 heterocycles. The first kappa shape index (κ1) is 12.5. The molecule has 2 N–H and O–H groups in total. The van der Waals surface area contributed by atoms with E-state index in [1.165, 1.54) is 5.56 Å². The van der Waals surface area contributed by atoms with Crippen molar-refractivity contribution in [3.63, 3.8) is 0 Å². The van der Waals surface area contributed by atoms with Crippen LogP contribution in [0.4, 0.5) is 11.4 Å². The van der Waals surface area contributed by atoms with Gasteiger partial charge in [0.15, 0.2) is 0 Å². The largest absolute Gasteiger partial charge is 0.399 e. The summed E-state index contributed by atoms with van der Waals surface area (Å²) in [5, 5.41) is 0. The Morgan fingerprint density at radius 3 is 2.89 bits per heavy atom. The van der Waals surface area contributed by atoms with Crippen molar-refractivity contribution in [1.82, 2.24) is 0 Å². The van der Waals surface area contributed by atoms with E-state index in [0.717, 1.165) is 37.9 Å². The van der Waals surface area contributed by atoms with E-state index in [1.54, 1.807) is 7.11 Å². The summed E-state index contributed by atoms with van der Waals surface area (Å²) in [5.74, 6) is 0.158. The van der Waals surface area contributed by atoms with Crippen molar-refractivity contribution < 1.29 is 9.53 Å². The molecule has 3 rings (SSSR count). The van der Waals surface area contributed by atoms with Crippen LogP contribution >= 0.6 is 0 Å². The van der Waals surface area contributed by atoms with Crippen LogP contribution in [0.1, 0.15) is 31.2 Å². The van der Waals surface area contributed by atoms with Gasteiger partial charge in [-0.1, -0.05) is 6.07 Å². The number of benzene rings is 1. The van der Waals surface area contributed by atoms with Crippen LogP contribution in [0, 0.1) is 0 Å². The van der Waals surface area contributed by atoms with Crippen LogP contribution in [-0.4, -0.2) is 25.2 Å². The maximum Gasteiger partial charge on any atom is 0.229 e. The summed E-state index contributed by atoms with van der Waals surface area (Å²) in [5.41, 5.74) is 8.52. The monoisotopic (exact) mass is 260 g/mol. The Hall–Kier alpha value is -1.55. The third-order valence-electron chi connectivity index (χ3n) is 4.48. The van der Waals surface area contributed by atoms with Gasteiger partial charge in [-0.2, -0.15) is 0 Å². The van der Waals surface area contributed by atoms with Gasteiger partial charge < -0.3 is 15.4 Å². The Morgan fingerprint density at radius 2 is 2.26 bits per heavy atom. The van der Waals surface area contributed by atoms with Crippen LogP contribution in [0.15, 0.2) is 18.2 Å². The molecule has 1 saturated carbocycles. The molecule has 0 bridgehead atoms. The number of nitrogens with zero attached hydrogens (tertiary/aromatic N) is 1. The predicted octanol–water partition coefficient (Wildman–Crippen LogP) is 2.12. The molecule has 0 radical (unpaired) electrons. The highest BCUT2D eigenvalue weighted by Gasteiger charge is 2.41. The van der Waals surface area contributed by atoms with Crippen LogP contribution in [0.3, 0.4) is 0 Å². The molecule has 1 aliphatic carbocycles. The van der Waals surface area contributed by atoms with E-state index >= 15 is 0 Å². The van der Waals surface area contributed by atoms with Gasteiger partial charge in [-0.15, -0.1) is 0 Å². The number of rotatable bonds is 3. The van der Waals surface area contributed by atoms with Crippen molar-refractivity contribution in [2.75, 3.05) is 24.3 Å². The second-order valence-electron chi connectivity index (χ2n) is 5.60. The molecule has 1 aliphatic heterocycles. The number of carbonyl (C=O) groups excluding carboxylic acids is 1. The molecule has 0 spiro atoms. The quantitative estimate of drug-likeness (QED) is 0.847. The van der Waals surface area contributed by atoms with E-state index in [4.69, 9.17) is 10.5 Å². The first-order chi connectivity index (χ1) is 9.13. The van der Waals surface area contributed by atoms with E-state index < -0.39 is 0 Å². The number of hydrogen-bond donors (Lipinski definition) is 1. The molecule has 0 saturated heterocycles.